The van der Waals surface area contributed by atoms with Gasteiger partial charge in [0.2, 0.25) is 5.91 Å². The molecule has 0 bridgehead atoms. The van der Waals surface area contributed by atoms with E-state index in [9.17, 15) is 4.79 Å². The number of amides is 1. The van der Waals surface area contributed by atoms with Gasteiger partial charge in [0, 0.05) is 26.1 Å². The highest BCUT2D eigenvalue weighted by molar-refractivity contribution is 5.79. The monoisotopic (exact) mass is 267 g/mol. The maximum absolute atomic E-state index is 12.5. The van der Waals surface area contributed by atoms with Crippen molar-refractivity contribution in [2.24, 2.45) is 17.8 Å². The van der Waals surface area contributed by atoms with Crippen LogP contribution in [0.5, 0.6) is 0 Å². The normalized spacial score (nSPS) is 29.8. The van der Waals surface area contributed by atoms with E-state index in [0.717, 1.165) is 50.6 Å². The number of methoxy groups -OCH3 is 1. The van der Waals surface area contributed by atoms with Gasteiger partial charge < -0.3 is 9.64 Å². The van der Waals surface area contributed by atoms with Crippen LogP contribution in [-0.4, -0.2) is 37.1 Å². The van der Waals surface area contributed by atoms with Crippen LogP contribution in [0.4, 0.5) is 0 Å². The lowest BCUT2D eigenvalue weighted by Gasteiger charge is -2.37. The summed E-state index contributed by atoms with van der Waals surface area (Å²) in [5, 5.41) is 0. The summed E-state index contributed by atoms with van der Waals surface area (Å²) in [6.45, 7) is 6.56. The van der Waals surface area contributed by atoms with Crippen molar-refractivity contribution in [3.05, 3.63) is 0 Å². The summed E-state index contributed by atoms with van der Waals surface area (Å²) >= 11 is 0. The fraction of sp³-hybridized carbons (Fsp3) is 0.938. The zero-order valence-electron chi connectivity index (χ0n) is 12.7. The van der Waals surface area contributed by atoms with Crippen LogP contribution in [0.2, 0.25) is 0 Å². The number of hydrogen-bond donors (Lipinski definition) is 0. The lowest BCUT2D eigenvalue weighted by molar-refractivity contribution is -0.139. The van der Waals surface area contributed by atoms with Gasteiger partial charge in [-0.25, -0.2) is 0 Å². The van der Waals surface area contributed by atoms with E-state index in [4.69, 9.17) is 4.74 Å². The number of carbonyl (C=O) groups excluding carboxylic acids is 1. The van der Waals surface area contributed by atoms with Gasteiger partial charge in [-0.15, -0.1) is 0 Å². The third-order valence-electron chi connectivity index (χ3n) is 5.15. The van der Waals surface area contributed by atoms with E-state index in [1.807, 2.05) is 0 Å². The molecule has 3 nitrogen and oxygen atoms in total. The summed E-state index contributed by atoms with van der Waals surface area (Å²) in [4.78, 5) is 14.6. The summed E-state index contributed by atoms with van der Waals surface area (Å²) in [6, 6.07) is 0. The molecule has 1 heterocycles. The molecule has 0 spiro atoms. The first-order chi connectivity index (χ1) is 9.11. The molecule has 0 N–H and O–H groups in total. The average molecular weight is 267 g/mol. The van der Waals surface area contributed by atoms with Crippen LogP contribution in [0.15, 0.2) is 0 Å². The maximum atomic E-state index is 12.5. The predicted molar refractivity (Wildman–Crippen MR) is 76.9 cm³/mol. The molecule has 1 amide bonds. The number of carbonyl (C=O) groups is 1. The van der Waals surface area contributed by atoms with Gasteiger partial charge >= 0.3 is 0 Å². The van der Waals surface area contributed by atoms with Crippen molar-refractivity contribution in [3.8, 4) is 0 Å². The first-order valence-corrected chi connectivity index (χ1v) is 7.93. The number of likely N-dealkylation sites (tertiary alicyclic amines) is 1. The van der Waals surface area contributed by atoms with Gasteiger partial charge in [-0.05, 0) is 50.4 Å². The molecule has 2 fully saturated rings. The third-order valence-corrected chi connectivity index (χ3v) is 5.15. The van der Waals surface area contributed by atoms with Crippen LogP contribution >= 0.6 is 0 Å². The Morgan fingerprint density at radius 3 is 2.11 bits per heavy atom. The van der Waals surface area contributed by atoms with Crippen molar-refractivity contribution in [1.82, 2.24) is 4.90 Å². The maximum Gasteiger partial charge on any atom is 0.225 e. The molecule has 0 aromatic heterocycles. The van der Waals surface area contributed by atoms with E-state index >= 15 is 0 Å². The Kier molecular flexibility index (Phi) is 5.26. The van der Waals surface area contributed by atoms with Gasteiger partial charge in [-0.2, -0.15) is 0 Å². The number of piperidine rings is 1. The van der Waals surface area contributed by atoms with Crippen LogP contribution in [0, 0.1) is 17.8 Å². The van der Waals surface area contributed by atoms with Crippen LogP contribution in [0.1, 0.15) is 52.4 Å². The molecule has 0 unspecified atom stereocenters. The Bertz CT molecular complexity index is 287. The molecule has 19 heavy (non-hydrogen) atoms. The largest absolute Gasteiger partial charge is 0.381 e. The molecule has 2 rings (SSSR count). The minimum Gasteiger partial charge on any atom is -0.381 e. The van der Waals surface area contributed by atoms with Gasteiger partial charge in [0.15, 0.2) is 0 Å². The molecule has 0 aromatic carbocycles. The van der Waals surface area contributed by atoms with Crippen molar-refractivity contribution in [3.63, 3.8) is 0 Å². The highest BCUT2D eigenvalue weighted by atomic mass is 16.5. The molecule has 0 radical (unpaired) electrons. The SMILES string of the molecule is COC1CCC(C(=O)N2CCC(C(C)C)CC2)CC1. The minimum atomic E-state index is 0.266. The van der Waals surface area contributed by atoms with Gasteiger partial charge in [0.1, 0.15) is 0 Å². The molecule has 1 aliphatic carbocycles. The highest BCUT2D eigenvalue weighted by Crippen LogP contribution is 2.30. The summed E-state index contributed by atoms with van der Waals surface area (Å²) in [6.07, 6.45) is 6.90. The van der Waals surface area contributed by atoms with Gasteiger partial charge in [0.05, 0.1) is 6.10 Å². The summed E-state index contributed by atoms with van der Waals surface area (Å²) in [7, 11) is 1.78. The lowest BCUT2D eigenvalue weighted by atomic mass is 9.84. The van der Waals surface area contributed by atoms with E-state index in [-0.39, 0.29) is 5.92 Å². The molecule has 1 aliphatic heterocycles. The molecular weight excluding hydrogens is 238 g/mol. The number of nitrogens with zero attached hydrogens (tertiary/aromatic N) is 1. The van der Waals surface area contributed by atoms with Crippen LogP contribution in [-0.2, 0) is 9.53 Å². The van der Waals surface area contributed by atoms with Gasteiger partial charge in [-0.3, -0.25) is 4.79 Å². The van der Waals surface area contributed by atoms with E-state index in [2.05, 4.69) is 18.7 Å². The van der Waals surface area contributed by atoms with Crippen LogP contribution in [0.25, 0.3) is 0 Å². The molecule has 0 atom stereocenters. The molecular formula is C16H29NO2. The number of rotatable bonds is 3. The highest BCUT2D eigenvalue weighted by Gasteiger charge is 2.31. The molecule has 110 valence electrons. The van der Waals surface area contributed by atoms with Gasteiger partial charge in [-0.1, -0.05) is 13.8 Å². The Morgan fingerprint density at radius 1 is 1.05 bits per heavy atom. The number of hydrogen-bond acceptors (Lipinski definition) is 2. The molecule has 3 heteroatoms. The topological polar surface area (TPSA) is 29.5 Å². The minimum absolute atomic E-state index is 0.266. The van der Waals surface area contributed by atoms with Crippen molar-refractivity contribution >= 4 is 5.91 Å². The first-order valence-electron chi connectivity index (χ1n) is 7.93. The van der Waals surface area contributed by atoms with E-state index in [1.54, 1.807) is 7.11 Å². The molecule has 0 aromatic rings. The summed E-state index contributed by atoms with van der Waals surface area (Å²) in [5.74, 6) is 2.25. The smallest absolute Gasteiger partial charge is 0.225 e. The van der Waals surface area contributed by atoms with E-state index in [0.29, 0.717) is 12.0 Å². The van der Waals surface area contributed by atoms with E-state index in [1.165, 1.54) is 12.8 Å². The second-order valence-corrected chi connectivity index (χ2v) is 6.62. The summed E-state index contributed by atoms with van der Waals surface area (Å²) < 4.78 is 5.38. The fourth-order valence-corrected chi connectivity index (χ4v) is 3.59. The fourth-order valence-electron chi connectivity index (χ4n) is 3.59. The Morgan fingerprint density at radius 2 is 1.63 bits per heavy atom. The third kappa shape index (κ3) is 3.71. The van der Waals surface area contributed by atoms with Crippen LogP contribution < -0.4 is 0 Å². The molecule has 2 aliphatic rings. The second kappa shape index (κ2) is 6.74. The van der Waals surface area contributed by atoms with Crippen LogP contribution in [0.3, 0.4) is 0 Å². The van der Waals surface area contributed by atoms with Crippen molar-refractivity contribution in [2.45, 2.75) is 58.5 Å². The first kappa shape index (κ1) is 14.8. The van der Waals surface area contributed by atoms with Crippen molar-refractivity contribution in [2.75, 3.05) is 20.2 Å². The van der Waals surface area contributed by atoms with E-state index < -0.39 is 0 Å². The van der Waals surface area contributed by atoms with Gasteiger partial charge in [0.25, 0.3) is 0 Å². The molecule has 1 saturated carbocycles. The second-order valence-electron chi connectivity index (χ2n) is 6.62. The number of ether oxygens (including phenoxy) is 1. The summed E-state index contributed by atoms with van der Waals surface area (Å²) in [5.41, 5.74) is 0. The predicted octanol–water partition coefficient (Wildman–Crippen LogP) is 3.09. The Balaban J connectivity index is 1.78. The standard InChI is InChI=1S/C16H29NO2/c1-12(2)13-8-10-17(11-9-13)16(18)14-4-6-15(19-3)7-5-14/h12-15H,4-11H2,1-3H3. The zero-order valence-corrected chi connectivity index (χ0v) is 12.7. The average Bonchev–Trinajstić information content (AvgIpc) is 2.46. The lowest BCUT2D eigenvalue weighted by Crippen LogP contribution is -2.43. The Labute approximate surface area is 117 Å². The quantitative estimate of drug-likeness (QED) is 0.786. The van der Waals surface area contributed by atoms with Crippen molar-refractivity contribution in [1.29, 1.82) is 0 Å². The zero-order chi connectivity index (χ0) is 13.8. The molecule has 1 saturated heterocycles. The van der Waals surface area contributed by atoms with Crippen molar-refractivity contribution < 1.29 is 9.53 Å². The Hall–Kier alpha value is -0.570.